The van der Waals surface area contributed by atoms with Crippen molar-refractivity contribution in [3.63, 3.8) is 0 Å². The molecule has 0 atom stereocenters. The predicted molar refractivity (Wildman–Crippen MR) is 49.9 cm³/mol. The number of alkyl halides is 3. The van der Waals surface area contributed by atoms with Gasteiger partial charge < -0.3 is 0 Å². The fourth-order valence-corrected chi connectivity index (χ4v) is 1.21. The molecular formula is C7H4F3INa. The number of rotatable bonds is 0. The summed E-state index contributed by atoms with van der Waals surface area (Å²) in [6.07, 6.45) is -4.22. The van der Waals surface area contributed by atoms with Crippen molar-refractivity contribution in [1.29, 1.82) is 0 Å². The molecule has 1 aromatic rings. The van der Waals surface area contributed by atoms with Crippen LogP contribution < -0.4 is 0 Å². The van der Waals surface area contributed by atoms with Crippen LogP contribution in [0.25, 0.3) is 0 Å². The molecule has 0 fully saturated rings. The third kappa shape index (κ3) is 3.64. The molecule has 0 aromatic heterocycles. The van der Waals surface area contributed by atoms with E-state index in [0.29, 0.717) is 3.57 Å². The van der Waals surface area contributed by atoms with Gasteiger partial charge in [0.05, 0.1) is 5.56 Å². The summed E-state index contributed by atoms with van der Waals surface area (Å²) in [4.78, 5) is 0. The van der Waals surface area contributed by atoms with Gasteiger partial charge in [-0.2, -0.15) is 13.2 Å². The summed E-state index contributed by atoms with van der Waals surface area (Å²) >= 11 is 1.85. The molecule has 1 radical (unpaired) electrons. The van der Waals surface area contributed by atoms with E-state index in [1.807, 2.05) is 22.6 Å². The molecule has 0 N–H and O–H groups in total. The van der Waals surface area contributed by atoms with Gasteiger partial charge in [-0.3, -0.25) is 0 Å². The molecule has 0 heterocycles. The normalized spacial score (nSPS) is 10.7. The Morgan fingerprint density at radius 1 is 1.17 bits per heavy atom. The molecule has 0 aliphatic heterocycles. The molecule has 0 aliphatic carbocycles. The van der Waals surface area contributed by atoms with Crippen molar-refractivity contribution < 1.29 is 13.2 Å². The van der Waals surface area contributed by atoms with Crippen LogP contribution in [0.1, 0.15) is 5.56 Å². The third-order valence-electron chi connectivity index (χ3n) is 1.15. The van der Waals surface area contributed by atoms with Gasteiger partial charge in [0.25, 0.3) is 0 Å². The molecule has 0 saturated carbocycles. The maximum Gasteiger partial charge on any atom is 0.416 e. The molecule has 1 aromatic carbocycles. The van der Waals surface area contributed by atoms with E-state index in [0.717, 1.165) is 12.1 Å². The van der Waals surface area contributed by atoms with E-state index >= 15 is 0 Å². The van der Waals surface area contributed by atoms with Gasteiger partial charge in [0, 0.05) is 33.1 Å². The maximum atomic E-state index is 12.0. The molecule has 0 nitrogen and oxygen atoms in total. The van der Waals surface area contributed by atoms with Crippen LogP contribution in [-0.2, 0) is 6.18 Å². The van der Waals surface area contributed by atoms with Gasteiger partial charge in [-0.1, -0.05) is 6.07 Å². The van der Waals surface area contributed by atoms with E-state index in [9.17, 15) is 13.2 Å². The zero-order valence-corrected chi connectivity index (χ0v) is 10.5. The first-order valence-corrected chi connectivity index (χ1v) is 3.91. The summed E-state index contributed by atoms with van der Waals surface area (Å²) in [5, 5.41) is 0. The molecule has 0 bridgehead atoms. The van der Waals surface area contributed by atoms with E-state index < -0.39 is 11.7 Å². The summed E-state index contributed by atoms with van der Waals surface area (Å²) < 4.78 is 36.5. The molecule has 5 heteroatoms. The number of benzene rings is 1. The Morgan fingerprint density at radius 3 is 2.08 bits per heavy atom. The molecule has 0 saturated heterocycles. The minimum Gasteiger partial charge on any atom is -0.166 e. The van der Waals surface area contributed by atoms with Gasteiger partial charge in [0.1, 0.15) is 0 Å². The SMILES string of the molecule is FC(F)(F)c1cccc(I)c1.[Na]. The summed E-state index contributed by atoms with van der Waals surface area (Å²) in [6, 6.07) is 5.18. The number of halogens is 4. The summed E-state index contributed by atoms with van der Waals surface area (Å²) in [7, 11) is 0. The van der Waals surface area contributed by atoms with Crippen LogP contribution in [0.5, 0.6) is 0 Å². The Hall–Kier alpha value is 0.740. The Bertz CT molecular complexity index is 259. The molecule has 0 aliphatic rings. The van der Waals surface area contributed by atoms with Gasteiger partial charge in [0.2, 0.25) is 0 Å². The first kappa shape index (κ1) is 12.7. The van der Waals surface area contributed by atoms with Crippen molar-refractivity contribution in [3.8, 4) is 0 Å². The Kier molecular flexibility index (Phi) is 5.13. The van der Waals surface area contributed by atoms with E-state index in [-0.39, 0.29) is 29.6 Å². The number of hydrogen-bond donors (Lipinski definition) is 0. The van der Waals surface area contributed by atoms with Crippen molar-refractivity contribution >= 4 is 52.1 Å². The average molecular weight is 295 g/mol. The van der Waals surface area contributed by atoms with Crippen molar-refractivity contribution in [2.45, 2.75) is 6.18 Å². The van der Waals surface area contributed by atoms with Gasteiger partial charge in [-0.05, 0) is 40.8 Å². The number of hydrogen-bond acceptors (Lipinski definition) is 0. The minimum absolute atomic E-state index is 0. The van der Waals surface area contributed by atoms with E-state index in [4.69, 9.17) is 0 Å². The smallest absolute Gasteiger partial charge is 0.166 e. The largest absolute Gasteiger partial charge is 0.416 e. The van der Waals surface area contributed by atoms with Crippen LogP contribution in [0.2, 0.25) is 0 Å². The summed E-state index contributed by atoms with van der Waals surface area (Å²) in [6.45, 7) is 0. The van der Waals surface area contributed by atoms with Crippen molar-refractivity contribution in [2.24, 2.45) is 0 Å². The fraction of sp³-hybridized carbons (Fsp3) is 0.143. The standard InChI is InChI=1S/C7H4F3I.Na/c8-7(9,10)5-2-1-3-6(11)4-5;/h1-4H;. The second kappa shape index (κ2) is 4.83. The van der Waals surface area contributed by atoms with Crippen LogP contribution in [0.15, 0.2) is 24.3 Å². The van der Waals surface area contributed by atoms with Gasteiger partial charge in [-0.25, -0.2) is 0 Å². The van der Waals surface area contributed by atoms with Crippen LogP contribution in [-0.4, -0.2) is 29.6 Å². The summed E-state index contributed by atoms with van der Waals surface area (Å²) in [5.74, 6) is 0. The quantitative estimate of drug-likeness (QED) is 0.510. The molecular weight excluding hydrogens is 291 g/mol. The zero-order valence-electron chi connectivity index (χ0n) is 6.32. The van der Waals surface area contributed by atoms with Crippen molar-refractivity contribution in [3.05, 3.63) is 33.4 Å². The van der Waals surface area contributed by atoms with E-state index in [1.54, 1.807) is 6.07 Å². The maximum absolute atomic E-state index is 12.0. The van der Waals surface area contributed by atoms with Crippen LogP contribution >= 0.6 is 22.6 Å². The Balaban J connectivity index is 0.00000121. The average Bonchev–Trinajstić information content (AvgIpc) is 1.86. The first-order valence-electron chi connectivity index (χ1n) is 2.83. The molecule has 1 rings (SSSR count). The minimum atomic E-state index is -4.22. The van der Waals surface area contributed by atoms with Gasteiger partial charge in [-0.15, -0.1) is 0 Å². The van der Waals surface area contributed by atoms with Crippen LogP contribution in [0, 0.1) is 3.57 Å². The topological polar surface area (TPSA) is 0 Å². The second-order valence-electron chi connectivity index (χ2n) is 2.01. The van der Waals surface area contributed by atoms with Crippen LogP contribution in [0.4, 0.5) is 13.2 Å². The zero-order chi connectivity index (χ0) is 8.48. The molecule has 12 heavy (non-hydrogen) atoms. The fourth-order valence-electron chi connectivity index (χ4n) is 0.665. The third-order valence-corrected chi connectivity index (χ3v) is 1.82. The molecule has 0 unspecified atom stereocenters. The van der Waals surface area contributed by atoms with Crippen molar-refractivity contribution in [1.82, 2.24) is 0 Å². The summed E-state index contributed by atoms with van der Waals surface area (Å²) in [5.41, 5.74) is -0.593. The molecule has 61 valence electrons. The van der Waals surface area contributed by atoms with E-state index in [2.05, 4.69) is 0 Å². The second-order valence-corrected chi connectivity index (χ2v) is 3.25. The van der Waals surface area contributed by atoms with E-state index in [1.165, 1.54) is 6.07 Å². The molecule has 0 amide bonds. The van der Waals surface area contributed by atoms with Crippen LogP contribution in [0.3, 0.4) is 0 Å². The monoisotopic (exact) mass is 295 g/mol. The van der Waals surface area contributed by atoms with Crippen molar-refractivity contribution in [2.75, 3.05) is 0 Å². The van der Waals surface area contributed by atoms with Gasteiger partial charge in [0.15, 0.2) is 0 Å². The first-order chi connectivity index (χ1) is 5.00. The molecule has 0 spiro atoms. The Morgan fingerprint density at radius 2 is 1.75 bits per heavy atom. The predicted octanol–water partition coefficient (Wildman–Crippen LogP) is 2.93. The Labute approximate surface area is 104 Å². The van der Waals surface area contributed by atoms with Gasteiger partial charge >= 0.3 is 6.18 Å².